The van der Waals surface area contributed by atoms with Crippen molar-refractivity contribution in [2.24, 2.45) is 10.9 Å². The SMILES string of the molecule is Cc1cnc(C(=O)N(C)C(C)/C(N)=N/O)cn1. The smallest absolute Gasteiger partial charge is 0.274 e. The molecule has 0 saturated carbocycles. The van der Waals surface area contributed by atoms with Gasteiger partial charge in [0.15, 0.2) is 5.84 Å². The van der Waals surface area contributed by atoms with Crippen LogP contribution < -0.4 is 5.73 Å². The lowest BCUT2D eigenvalue weighted by atomic mass is 10.2. The number of nitrogens with two attached hydrogens (primary N) is 1. The minimum absolute atomic E-state index is 0.0408. The van der Waals surface area contributed by atoms with E-state index in [1.54, 1.807) is 20.9 Å². The number of carbonyl (C=O) groups is 1. The first-order valence-corrected chi connectivity index (χ1v) is 5.00. The fraction of sp³-hybridized carbons (Fsp3) is 0.400. The maximum atomic E-state index is 11.9. The molecule has 1 heterocycles. The molecule has 1 aromatic heterocycles. The molecule has 0 aromatic carbocycles. The fourth-order valence-corrected chi connectivity index (χ4v) is 1.14. The second-order valence-electron chi connectivity index (χ2n) is 3.66. The van der Waals surface area contributed by atoms with E-state index < -0.39 is 6.04 Å². The molecule has 1 unspecified atom stereocenters. The molecule has 7 heteroatoms. The third-order valence-electron chi connectivity index (χ3n) is 2.44. The topological polar surface area (TPSA) is 105 Å². The van der Waals surface area contributed by atoms with Crippen LogP contribution in [0, 0.1) is 6.92 Å². The van der Waals surface area contributed by atoms with Crippen LogP contribution >= 0.6 is 0 Å². The van der Waals surface area contributed by atoms with Gasteiger partial charge >= 0.3 is 0 Å². The van der Waals surface area contributed by atoms with Crippen LogP contribution in [0.4, 0.5) is 0 Å². The van der Waals surface area contributed by atoms with Gasteiger partial charge in [0.25, 0.3) is 5.91 Å². The van der Waals surface area contributed by atoms with Crippen molar-refractivity contribution in [3.63, 3.8) is 0 Å². The van der Waals surface area contributed by atoms with E-state index in [4.69, 9.17) is 10.9 Å². The molecule has 1 amide bonds. The van der Waals surface area contributed by atoms with Gasteiger partial charge in [-0.3, -0.25) is 9.78 Å². The van der Waals surface area contributed by atoms with Crippen molar-refractivity contribution < 1.29 is 10.0 Å². The number of amidine groups is 1. The van der Waals surface area contributed by atoms with Crippen LogP contribution in [-0.2, 0) is 0 Å². The van der Waals surface area contributed by atoms with Crippen LogP contribution in [0.3, 0.4) is 0 Å². The van der Waals surface area contributed by atoms with E-state index >= 15 is 0 Å². The monoisotopic (exact) mass is 237 g/mol. The van der Waals surface area contributed by atoms with Gasteiger partial charge in [0.1, 0.15) is 5.69 Å². The molecular weight excluding hydrogens is 222 g/mol. The number of likely N-dealkylation sites (N-methyl/N-ethyl adjacent to an activating group) is 1. The van der Waals surface area contributed by atoms with Gasteiger partial charge in [-0.2, -0.15) is 0 Å². The summed E-state index contributed by atoms with van der Waals surface area (Å²) >= 11 is 0. The molecule has 0 radical (unpaired) electrons. The normalized spacial score (nSPS) is 13.2. The minimum Gasteiger partial charge on any atom is -0.409 e. The van der Waals surface area contributed by atoms with Gasteiger partial charge in [0.05, 0.1) is 17.9 Å². The number of oxime groups is 1. The summed E-state index contributed by atoms with van der Waals surface area (Å²) in [5.74, 6) is -0.377. The first-order chi connectivity index (χ1) is 7.97. The standard InChI is InChI=1S/C10H15N5O2/c1-6-4-13-8(5-12-6)10(16)15(3)7(2)9(11)14-17/h4-5,7,17H,1-3H3,(H2,11,14). The van der Waals surface area contributed by atoms with Gasteiger partial charge in [-0.25, -0.2) is 4.98 Å². The van der Waals surface area contributed by atoms with Crippen molar-refractivity contribution in [3.05, 3.63) is 23.8 Å². The van der Waals surface area contributed by atoms with Gasteiger partial charge in [-0.1, -0.05) is 5.16 Å². The highest BCUT2D eigenvalue weighted by atomic mass is 16.4. The number of nitrogens with zero attached hydrogens (tertiary/aromatic N) is 4. The Labute approximate surface area is 99.0 Å². The predicted octanol–water partition coefficient (Wildman–Crippen LogP) is -0.00808. The van der Waals surface area contributed by atoms with Crippen molar-refractivity contribution in [1.29, 1.82) is 0 Å². The third kappa shape index (κ3) is 2.90. The summed E-state index contributed by atoms with van der Waals surface area (Å²) in [6.07, 6.45) is 2.91. The van der Waals surface area contributed by atoms with Crippen LogP contribution in [0.25, 0.3) is 0 Å². The molecule has 92 valence electrons. The van der Waals surface area contributed by atoms with Crippen molar-refractivity contribution in [3.8, 4) is 0 Å². The highest BCUT2D eigenvalue weighted by molar-refractivity contribution is 5.96. The number of hydrogen-bond donors (Lipinski definition) is 2. The molecular formula is C10H15N5O2. The second-order valence-corrected chi connectivity index (χ2v) is 3.66. The summed E-state index contributed by atoms with van der Waals surface area (Å²) in [6.45, 7) is 3.43. The van der Waals surface area contributed by atoms with Crippen molar-refractivity contribution >= 4 is 11.7 Å². The lowest BCUT2D eigenvalue weighted by Gasteiger charge is -2.23. The Kier molecular flexibility index (Phi) is 3.97. The van der Waals surface area contributed by atoms with Crippen LogP contribution in [0.15, 0.2) is 17.5 Å². The zero-order valence-corrected chi connectivity index (χ0v) is 9.95. The molecule has 17 heavy (non-hydrogen) atoms. The van der Waals surface area contributed by atoms with E-state index in [1.807, 2.05) is 0 Å². The second kappa shape index (κ2) is 5.24. The van der Waals surface area contributed by atoms with Crippen molar-refractivity contribution in [2.45, 2.75) is 19.9 Å². The lowest BCUT2D eigenvalue weighted by molar-refractivity contribution is 0.0770. The van der Waals surface area contributed by atoms with Crippen molar-refractivity contribution in [2.75, 3.05) is 7.05 Å². The molecule has 1 rings (SSSR count). The highest BCUT2D eigenvalue weighted by Crippen LogP contribution is 2.03. The predicted molar refractivity (Wildman–Crippen MR) is 61.7 cm³/mol. The maximum Gasteiger partial charge on any atom is 0.274 e. The van der Waals surface area contributed by atoms with E-state index in [0.717, 1.165) is 5.69 Å². The van der Waals surface area contributed by atoms with E-state index in [0.29, 0.717) is 0 Å². The van der Waals surface area contributed by atoms with Gasteiger partial charge in [0.2, 0.25) is 0 Å². The largest absolute Gasteiger partial charge is 0.409 e. The van der Waals surface area contributed by atoms with E-state index in [1.165, 1.54) is 17.3 Å². The van der Waals surface area contributed by atoms with Gasteiger partial charge in [-0.05, 0) is 13.8 Å². The Morgan fingerprint density at radius 2 is 2.18 bits per heavy atom. The molecule has 1 aromatic rings. The zero-order valence-electron chi connectivity index (χ0n) is 9.95. The fourth-order valence-electron chi connectivity index (χ4n) is 1.14. The molecule has 0 aliphatic heterocycles. The number of hydrogen-bond acceptors (Lipinski definition) is 5. The molecule has 3 N–H and O–H groups in total. The van der Waals surface area contributed by atoms with Crippen LogP contribution in [0.2, 0.25) is 0 Å². The molecule has 0 aliphatic rings. The van der Waals surface area contributed by atoms with Crippen LogP contribution in [0.1, 0.15) is 23.1 Å². The summed E-state index contributed by atoms with van der Waals surface area (Å²) in [5.41, 5.74) is 6.38. The Morgan fingerprint density at radius 1 is 1.53 bits per heavy atom. The summed E-state index contributed by atoms with van der Waals surface area (Å²) in [4.78, 5) is 21.2. The Morgan fingerprint density at radius 3 is 2.65 bits per heavy atom. The third-order valence-corrected chi connectivity index (χ3v) is 2.44. The number of aryl methyl sites for hydroxylation is 1. The van der Waals surface area contributed by atoms with Gasteiger partial charge in [0, 0.05) is 13.2 Å². The first kappa shape index (κ1) is 12.9. The number of aromatic nitrogens is 2. The average molecular weight is 237 g/mol. The molecule has 1 atom stereocenters. The quantitative estimate of drug-likeness (QED) is 0.333. The van der Waals surface area contributed by atoms with E-state index in [-0.39, 0.29) is 17.4 Å². The van der Waals surface area contributed by atoms with E-state index in [2.05, 4.69) is 15.1 Å². The maximum absolute atomic E-state index is 11.9. The summed E-state index contributed by atoms with van der Waals surface area (Å²) in [6, 6.07) is -0.518. The average Bonchev–Trinajstić information content (AvgIpc) is 2.36. The number of amides is 1. The van der Waals surface area contributed by atoms with E-state index in [9.17, 15) is 4.79 Å². The Hall–Kier alpha value is -2.18. The summed E-state index contributed by atoms with van der Waals surface area (Å²) < 4.78 is 0. The van der Waals surface area contributed by atoms with Crippen molar-refractivity contribution in [1.82, 2.24) is 14.9 Å². The summed E-state index contributed by atoms with van der Waals surface area (Å²) in [7, 11) is 1.55. The van der Waals surface area contributed by atoms with Crippen LogP contribution in [0.5, 0.6) is 0 Å². The van der Waals surface area contributed by atoms with Gasteiger partial charge < -0.3 is 15.8 Å². The lowest BCUT2D eigenvalue weighted by Crippen LogP contribution is -2.44. The summed E-state index contributed by atoms with van der Waals surface area (Å²) in [5, 5.41) is 11.4. The molecule has 0 aliphatic carbocycles. The number of rotatable bonds is 3. The molecule has 0 fully saturated rings. The molecule has 7 nitrogen and oxygen atoms in total. The Bertz CT molecular complexity index is 429. The van der Waals surface area contributed by atoms with Crippen LogP contribution in [-0.4, -0.2) is 44.9 Å². The minimum atomic E-state index is -0.518. The van der Waals surface area contributed by atoms with Gasteiger partial charge in [-0.15, -0.1) is 0 Å². The molecule has 0 saturated heterocycles. The molecule has 0 spiro atoms. The molecule has 0 bridgehead atoms. The number of carbonyl (C=O) groups excluding carboxylic acids is 1. The zero-order chi connectivity index (χ0) is 13.0. The first-order valence-electron chi connectivity index (χ1n) is 5.00. The highest BCUT2D eigenvalue weighted by Gasteiger charge is 2.21. The Balaban J connectivity index is 2.86.